The molecule has 0 bridgehead atoms. The van der Waals surface area contributed by atoms with Crippen LogP contribution in [0.25, 0.3) is 0 Å². The van der Waals surface area contributed by atoms with E-state index in [0.717, 1.165) is 18.4 Å². The van der Waals surface area contributed by atoms with Gasteiger partial charge in [0.25, 0.3) is 0 Å². The second-order valence-corrected chi connectivity index (χ2v) is 5.01. The molecule has 1 saturated carbocycles. The number of hydrogen-bond donors (Lipinski definition) is 1. The minimum atomic E-state index is 0.894. The number of benzene rings is 1. The Morgan fingerprint density at radius 1 is 1.27 bits per heavy atom. The van der Waals surface area contributed by atoms with Crippen LogP contribution in [0.4, 0.5) is 5.69 Å². The summed E-state index contributed by atoms with van der Waals surface area (Å²) in [6, 6.07) is 6.63. The quantitative estimate of drug-likeness (QED) is 0.788. The lowest BCUT2D eigenvalue weighted by atomic mass is 9.75. The lowest BCUT2D eigenvalue weighted by Crippen LogP contribution is -2.29. The molecule has 2 rings (SSSR count). The molecule has 15 heavy (non-hydrogen) atoms. The minimum absolute atomic E-state index is 0.894. The third kappa shape index (κ3) is 2.34. The first-order valence-corrected chi connectivity index (χ1v) is 5.98. The molecule has 1 aromatic rings. The van der Waals surface area contributed by atoms with Crippen molar-refractivity contribution in [3.05, 3.63) is 29.3 Å². The van der Waals surface area contributed by atoms with Gasteiger partial charge in [-0.1, -0.05) is 31.0 Å². The van der Waals surface area contributed by atoms with Crippen molar-refractivity contribution >= 4 is 5.69 Å². The standard InChI is InChI=1S/C14H21N/c1-10-4-7-14(12(3)8-10)15-9-13-6-5-11(13)2/h4,7-8,11,13,15H,5-6,9H2,1-3H3/t11-,13+/m1/s1. The lowest BCUT2D eigenvalue weighted by Gasteiger charge is -2.34. The Bertz CT molecular complexity index is 343. The molecule has 0 radical (unpaired) electrons. The van der Waals surface area contributed by atoms with Gasteiger partial charge in [-0.05, 0) is 43.7 Å². The molecule has 1 aromatic carbocycles. The summed E-state index contributed by atoms with van der Waals surface area (Å²) in [5.74, 6) is 1.81. The fourth-order valence-corrected chi connectivity index (χ4v) is 2.29. The molecule has 1 heteroatoms. The summed E-state index contributed by atoms with van der Waals surface area (Å²) in [4.78, 5) is 0. The van der Waals surface area contributed by atoms with Gasteiger partial charge in [0, 0.05) is 12.2 Å². The molecule has 0 unspecified atom stereocenters. The van der Waals surface area contributed by atoms with Crippen molar-refractivity contribution in [2.45, 2.75) is 33.6 Å². The maximum Gasteiger partial charge on any atom is 0.0370 e. The van der Waals surface area contributed by atoms with Gasteiger partial charge in [-0.2, -0.15) is 0 Å². The number of hydrogen-bond acceptors (Lipinski definition) is 1. The Labute approximate surface area is 92.9 Å². The highest BCUT2D eigenvalue weighted by Crippen LogP contribution is 2.33. The summed E-state index contributed by atoms with van der Waals surface area (Å²) in [5, 5.41) is 3.57. The molecule has 1 fully saturated rings. The molecular formula is C14H21N. The Kier molecular flexibility index (Phi) is 2.99. The van der Waals surface area contributed by atoms with E-state index >= 15 is 0 Å². The number of anilines is 1. The van der Waals surface area contributed by atoms with Crippen molar-refractivity contribution in [3.8, 4) is 0 Å². The van der Waals surface area contributed by atoms with Crippen molar-refractivity contribution in [3.63, 3.8) is 0 Å². The second-order valence-electron chi connectivity index (χ2n) is 5.01. The zero-order chi connectivity index (χ0) is 10.8. The van der Waals surface area contributed by atoms with E-state index in [4.69, 9.17) is 0 Å². The Morgan fingerprint density at radius 3 is 2.60 bits per heavy atom. The summed E-state index contributed by atoms with van der Waals surface area (Å²) in [5.41, 5.74) is 4.01. The van der Waals surface area contributed by atoms with E-state index in [1.807, 2.05) is 0 Å². The van der Waals surface area contributed by atoms with Crippen LogP contribution in [0.5, 0.6) is 0 Å². The first-order valence-electron chi connectivity index (χ1n) is 5.98. The first kappa shape index (κ1) is 10.5. The van der Waals surface area contributed by atoms with Crippen LogP contribution in [0.3, 0.4) is 0 Å². The topological polar surface area (TPSA) is 12.0 Å². The fourth-order valence-electron chi connectivity index (χ4n) is 2.29. The molecule has 0 saturated heterocycles. The monoisotopic (exact) mass is 203 g/mol. The van der Waals surface area contributed by atoms with E-state index in [1.165, 1.54) is 29.7 Å². The summed E-state index contributed by atoms with van der Waals surface area (Å²) in [6.07, 6.45) is 2.82. The molecule has 0 aromatic heterocycles. The minimum Gasteiger partial charge on any atom is -0.385 e. The number of nitrogens with one attached hydrogen (secondary N) is 1. The molecule has 0 aliphatic heterocycles. The zero-order valence-electron chi connectivity index (χ0n) is 10.0. The van der Waals surface area contributed by atoms with Crippen LogP contribution >= 0.6 is 0 Å². The highest BCUT2D eigenvalue weighted by atomic mass is 14.9. The summed E-state index contributed by atoms with van der Waals surface area (Å²) in [7, 11) is 0. The smallest absolute Gasteiger partial charge is 0.0370 e. The highest BCUT2D eigenvalue weighted by Gasteiger charge is 2.26. The molecule has 1 aliphatic carbocycles. The van der Waals surface area contributed by atoms with Crippen molar-refractivity contribution in [2.24, 2.45) is 11.8 Å². The van der Waals surface area contributed by atoms with Gasteiger partial charge in [0.05, 0.1) is 0 Å². The van der Waals surface area contributed by atoms with Crippen LogP contribution in [0, 0.1) is 25.7 Å². The van der Waals surface area contributed by atoms with Crippen LogP contribution in [-0.2, 0) is 0 Å². The molecule has 82 valence electrons. The predicted octanol–water partition coefficient (Wildman–Crippen LogP) is 3.76. The van der Waals surface area contributed by atoms with Gasteiger partial charge in [-0.25, -0.2) is 0 Å². The molecule has 0 heterocycles. The van der Waals surface area contributed by atoms with Gasteiger partial charge in [0.2, 0.25) is 0 Å². The van der Waals surface area contributed by atoms with Gasteiger partial charge in [0.1, 0.15) is 0 Å². The summed E-state index contributed by atoms with van der Waals surface area (Å²) in [6.45, 7) is 7.83. The van der Waals surface area contributed by atoms with Gasteiger partial charge >= 0.3 is 0 Å². The third-order valence-corrected chi connectivity index (χ3v) is 3.73. The van der Waals surface area contributed by atoms with Crippen molar-refractivity contribution in [1.82, 2.24) is 0 Å². The van der Waals surface area contributed by atoms with Crippen molar-refractivity contribution in [2.75, 3.05) is 11.9 Å². The van der Waals surface area contributed by atoms with E-state index in [2.05, 4.69) is 44.3 Å². The molecule has 1 N–H and O–H groups in total. The molecule has 2 atom stereocenters. The molecular weight excluding hydrogens is 182 g/mol. The van der Waals surface area contributed by atoms with Crippen LogP contribution in [0.15, 0.2) is 18.2 Å². The van der Waals surface area contributed by atoms with E-state index in [9.17, 15) is 0 Å². The van der Waals surface area contributed by atoms with Gasteiger partial charge in [0.15, 0.2) is 0 Å². The normalized spacial score (nSPS) is 24.7. The second kappa shape index (κ2) is 4.26. The maximum absolute atomic E-state index is 3.57. The molecule has 0 spiro atoms. The Hall–Kier alpha value is -0.980. The number of rotatable bonds is 3. The van der Waals surface area contributed by atoms with Gasteiger partial charge < -0.3 is 5.32 Å². The Morgan fingerprint density at radius 2 is 2.07 bits per heavy atom. The van der Waals surface area contributed by atoms with Crippen LogP contribution < -0.4 is 5.32 Å². The predicted molar refractivity (Wildman–Crippen MR) is 66.3 cm³/mol. The van der Waals surface area contributed by atoms with E-state index in [0.29, 0.717) is 0 Å². The number of aryl methyl sites for hydroxylation is 2. The fraction of sp³-hybridized carbons (Fsp3) is 0.571. The largest absolute Gasteiger partial charge is 0.385 e. The third-order valence-electron chi connectivity index (χ3n) is 3.73. The van der Waals surface area contributed by atoms with Crippen LogP contribution in [0.2, 0.25) is 0 Å². The molecule has 0 amide bonds. The average molecular weight is 203 g/mol. The Balaban J connectivity index is 1.93. The summed E-state index contributed by atoms with van der Waals surface area (Å²) >= 11 is 0. The van der Waals surface area contributed by atoms with Gasteiger partial charge in [-0.15, -0.1) is 0 Å². The molecule has 1 aliphatic rings. The average Bonchev–Trinajstić information content (AvgIpc) is 2.19. The van der Waals surface area contributed by atoms with Crippen LogP contribution in [-0.4, -0.2) is 6.54 Å². The van der Waals surface area contributed by atoms with Crippen molar-refractivity contribution in [1.29, 1.82) is 0 Å². The lowest BCUT2D eigenvalue weighted by molar-refractivity contribution is 0.210. The van der Waals surface area contributed by atoms with Crippen molar-refractivity contribution < 1.29 is 0 Å². The highest BCUT2D eigenvalue weighted by molar-refractivity contribution is 5.51. The van der Waals surface area contributed by atoms with E-state index in [-0.39, 0.29) is 0 Å². The molecule has 1 nitrogen and oxygen atoms in total. The zero-order valence-corrected chi connectivity index (χ0v) is 10.0. The van der Waals surface area contributed by atoms with Crippen LogP contribution in [0.1, 0.15) is 30.9 Å². The first-order chi connectivity index (χ1) is 7.16. The maximum atomic E-state index is 3.57. The van der Waals surface area contributed by atoms with E-state index in [1.54, 1.807) is 0 Å². The SMILES string of the molecule is Cc1ccc(NC[C@@H]2CC[C@H]2C)c(C)c1. The van der Waals surface area contributed by atoms with E-state index < -0.39 is 0 Å². The van der Waals surface area contributed by atoms with Gasteiger partial charge in [-0.3, -0.25) is 0 Å². The summed E-state index contributed by atoms with van der Waals surface area (Å²) < 4.78 is 0.